The maximum Gasteiger partial charge on any atom is 0.410 e. The molecule has 2 aromatic rings. The van der Waals surface area contributed by atoms with Gasteiger partial charge in [-0.25, -0.2) is 9.59 Å². The molecule has 0 unspecified atom stereocenters. The fourth-order valence-corrected chi connectivity index (χ4v) is 4.59. The summed E-state index contributed by atoms with van der Waals surface area (Å²) >= 11 is 0. The van der Waals surface area contributed by atoms with Crippen LogP contribution in [0.25, 0.3) is 0 Å². The quantitative estimate of drug-likeness (QED) is 0.706. The molecule has 0 atom stereocenters. The predicted molar refractivity (Wildman–Crippen MR) is 129 cm³/mol. The van der Waals surface area contributed by atoms with Gasteiger partial charge >= 0.3 is 12.1 Å². The van der Waals surface area contributed by atoms with Crippen molar-refractivity contribution in [1.82, 2.24) is 15.1 Å². The van der Waals surface area contributed by atoms with E-state index in [1.165, 1.54) is 5.56 Å². The summed E-state index contributed by atoms with van der Waals surface area (Å²) in [6.45, 7) is 8.83. The largest absolute Gasteiger partial charge is 0.444 e. The molecule has 0 saturated carbocycles. The van der Waals surface area contributed by atoms with E-state index in [2.05, 4.69) is 47.8 Å². The number of rotatable bonds is 4. The summed E-state index contributed by atoms with van der Waals surface area (Å²) in [5.41, 5.74) is 4.18. The number of urea groups is 1. The van der Waals surface area contributed by atoms with Crippen molar-refractivity contribution >= 4 is 12.1 Å². The highest BCUT2D eigenvalue weighted by Crippen LogP contribution is 2.26. The molecule has 2 aromatic carbocycles. The van der Waals surface area contributed by atoms with Crippen LogP contribution in [0.5, 0.6) is 0 Å². The van der Waals surface area contributed by atoms with E-state index in [0.717, 1.165) is 49.0 Å². The Morgan fingerprint density at radius 2 is 1.64 bits per heavy atom. The van der Waals surface area contributed by atoms with E-state index in [1.54, 1.807) is 4.90 Å². The van der Waals surface area contributed by atoms with Gasteiger partial charge in [-0.05, 0) is 68.2 Å². The second kappa shape index (κ2) is 9.86. The molecule has 1 N–H and O–H groups in total. The number of ether oxygens (including phenoxy) is 1. The zero-order valence-corrected chi connectivity index (χ0v) is 20.0. The van der Waals surface area contributed by atoms with Crippen LogP contribution in [0.4, 0.5) is 9.59 Å². The third kappa shape index (κ3) is 6.28. The number of benzene rings is 2. The SMILES string of the molecule is CC(C)(C)OC(=O)N1Cc2ccc(CNC(=O)N3CCC(Cc4ccccc4)CC3)cc2C1. The molecule has 1 fully saturated rings. The average molecular weight is 450 g/mol. The standard InChI is InChI=1S/C27H35N3O3/c1-27(2,3)33-26(32)30-18-23-10-9-22(16-24(23)19-30)17-28-25(31)29-13-11-21(12-14-29)15-20-7-5-4-6-8-20/h4-10,16,21H,11-15,17-19H2,1-3H3,(H,28,31). The van der Waals surface area contributed by atoms with Crippen LogP contribution in [0, 0.1) is 5.92 Å². The van der Waals surface area contributed by atoms with Crippen molar-refractivity contribution in [3.63, 3.8) is 0 Å². The summed E-state index contributed by atoms with van der Waals surface area (Å²) in [5, 5.41) is 3.07. The van der Waals surface area contributed by atoms with Gasteiger partial charge in [-0.15, -0.1) is 0 Å². The summed E-state index contributed by atoms with van der Waals surface area (Å²) in [6, 6.07) is 16.8. The van der Waals surface area contributed by atoms with Crippen molar-refractivity contribution in [3.05, 3.63) is 70.8 Å². The molecule has 6 heteroatoms. The predicted octanol–water partition coefficient (Wildman–Crippen LogP) is 5.10. The van der Waals surface area contributed by atoms with E-state index < -0.39 is 5.60 Å². The molecular formula is C27H35N3O3. The molecule has 33 heavy (non-hydrogen) atoms. The van der Waals surface area contributed by atoms with E-state index in [4.69, 9.17) is 4.74 Å². The van der Waals surface area contributed by atoms with Gasteiger partial charge in [-0.2, -0.15) is 0 Å². The minimum Gasteiger partial charge on any atom is -0.444 e. The van der Waals surface area contributed by atoms with Crippen LogP contribution in [-0.4, -0.2) is 40.6 Å². The Morgan fingerprint density at radius 3 is 2.33 bits per heavy atom. The van der Waals surface area contributed by atoms with Crippen molar-refractivity contribution in [1.29, 1.82) is 0 Å². The Bertz CT molecular complexity index is 976. The molecule has 0 spiro atoms. The number of fused-ring (bicyclic) bond motifs is 1. The number of piperidine rings is 1. The maximum absolute atomic E-state index is 12.7. The normalized spacial score (nSPS) is 16.5. The fraction of sp³-hybridized carbons (Fsp3) is 0.481. The van der Waals surface area contributed by atoms with Gasteiger partial charge < -0.3 is 15.0 Å². The average Bonchev–Trinajstić information content (AvgIpc) is 3.21. The van der Waals surface area contributed by atoms with E-state index >= 15 is 0 Å². The van der Waals surface area contributed by atoms with Crippen molar-refractivity contribution < 1.29 is 14.3 Å². The molecule has 2 heterocycles. The smallest absolute Gasteiger partial charge is 0.410 e. The molecule has 0 aromatic heterocycles. The van der Waals surface area contributed by atoms with E-state index in [0.29, 0.717) is 25.6 Å². The molecular weight excluding hydrogens is 414 g/mol. The van der Waals surface area contributed by atoms with Crippen molar-refractivity contribution in [2.75, 3.05) is 13.1 Å². The number of hydrogen-bond acceptors (Lipinski definition) is 3. The van der Waals surface area contributed by atoms with Crippen LogP contribution < -0.4 is 5.32 Å². The van der Waals surface area contributed by atoms with Gasteiger partial charge in [0.1, 0.15) is 5.60 Å². The van der Waals surface area contributed by atoms with E-state index in [9.17, 15) is 9.59 Å². The number of amides is 3. The maximum atomic E-state index is 12.7. The fourth-order valence-electron chi connectivity index (χ4n) is 4.59. The van der Waals surface area contributed by atoms with E-state index in [-0.39, 0.29) is 12.1 Å². The van der Waals surface area contributed by atoms with Gasteiger partial charge in [0.2, 0.25) is 0 Å². The highest BCUT2D eigenvalue weighted by molar-refractivity contribution is 5.74. The van der Waals surface area contributed by atoms with Crippen LogP contribution in [0.15, 0.2) is 48.5 Å². The summed E-state index contributed by atoms with van der Waals surface area (Å²) in [4.78, 5) is 28.7. The van der Waals surface area contributed by atoms with Gasteiger partial charge in [0.15, 0.2) is 0 Å². The molecule has 176 valence electrons. The Morgan fingerprint density at radius 1 is 0.939 bits per heavy atom. The van der Waals surface area contributed by atoms with Crippen LogP contribution in [-0.2, 0) is 30.8 Å². The molecule has 1 saturated heterocycles. The Balaban J connectivity index is 1.23. The number of carbonyl (C=O) groups excluding carboxylic acids is 2. The molecule has 2 aliphatic rings. The molecule has 6 nitrogen and oxygen atoms in total. The Labute approximate surface area is 196 Å². The van der Waals surface area contributed by atoms with Gasteiger partial charge in [0.25, 0.3) is 0 Å². The highest BCUT2D eigenvalue weighted by Gasteiger charge is 2.28. The van der Waals surface area contributed by atoms with Crippen LogP contribution in [0.3, 0.4) is 0 Å². The lowest BCUT2D eigenvalue weighted by Crippen LogP contribution is -2.44. The first-order chi connectivity index (χ1) is 15.8. The third-order valence-corrected chi connectivity index (χ3v) is 6.36. The van der Waals surface area contributed by atoms with Crippen molar-refractivity contribution in [3.8, 4) is 0 Å². The van der Waals surface area contributed by atoms with Gasteiger partial charge in [-0.1, -0.05) is 48.5 Å². The van der Waals surface area contributed by atoms with Crippen LogP contribution in [0.1, 0.15) is 55.9 Å². The number of nitrogens with zero attached hydrogens (tertiary/aromatic N) is 2. The number of hydrogen-bond donors (Lipinski definition) is 1. The van der Waals surface area contributed by atoms with Gasteiger partial charge in [0.05, 0.1) is 0 Å². The number of carbonyl (C=O) groups is 2. The monoisotopic (exact) mass is 449 g/mol. The van der Waals surface area contributed by atoms with Crippen molar-refractivity contribution in [2.45, 2.75) is 65.3 Å². The van der Waals surface area contributed by atoms with E-state index in [1.807, 2.05) is 31.7 Å². The lowest BCUT2D eigenvalue weighted by Gasteiger charge is -2.32. The van der Waals surface area contributed by atoms with Crippen LogP contribution >= 0.6 is 0 Å². The zero-order valence-electron chi connectivity index (χ0n) is 20.0. The number of nitrogens with one attached hydrogen (secondary N) is 1. The molecule has 3 amide bonds. The summed E-state index contributed by atoms with van der Waals surface area (Å²) in [5.74, 6) is 0.640. The number of likely N-dealkylation sites (tertiary alicyclic amines) is 1. The first-order valence-electron chi connectivity index (χ1n) is 11.9. The third-order valence-electron chi connectivity index (χ3n) is 6.36. The van der Waals surface area contributed by atoms with Crippen LogP contribution in [0.2, 0.25) is 0 Å². The molecule has 4 rings (SSSR count). The molecule has 0 bridgehead atoms. The zero-order chi connectivity index (χ0) is 23.4. The Kier molecular flexibility index (Phi) is 6.91. The molecule has 0 radical (unpaired) electrons. The Hall–Kier alpha value is -3.02. The second-order valence-corrected chi connectivity index (χ2v) is 10.2. The highest BCUT2D eigenvalue weighted by atomic mass is 16.6. The first-order valence-corrected chi connectivity index (χ1v) is 11.9. The van der Waals surface area contributed by atoms with Gasteiger partial charge in [0, 0.05) is 32.7 Å². The summed E-state index contributed by atoms with van der Waals surface area (Å²) in [6.07, 6.45) is 2.89. The minimum atomic E-state index is -0.503. The lowest BCUT2D eigenvalue weighted by atomic mass is 9.90. The lowest BCUT2D eigenvalue weighted by molar-refractivity contribution is 0.0242. The second-order valence-electron chi connectivity index (χ2n) is 10.2. The topological polar surface area (TPSA) is 61.9 Å². The molecule has 0 aliphatic carbocycles. The molecule has 2 aliphatic heterocycles. The van der Waals surface area contributed by atoms with Crippen molar-refractivity contribution in [2.24, 2.45) is 5.92 Å². The van der Waals surface area contributed by atoms with Gasteiger partial charge in [-0.3, -0.25) is 4.90 Å². The summed E-state index contributed by atoms with van der Waals surface area (Å²) in [7, 11) is 0. The first kappa shape index (κ1) is 23.1. The summed E-state index contributed by atoms with van der Waals surface area (Å²) < 4.78 is 5.49. The minimum absolute atomic E-state index is 0.00374.